The minimum atomic E-state index is -6.14. The van der Waals surface area contributed by atoms with Gasteiger partial charge in [0.15, 0.2) is 0 Å². The van der Waals surface area contributed by atoms with Crippen LogP contribution < -0.4 is 25.2 Å². The maximum absolute atomic E-state index is 14.5. The van der Waals surface area contributed by atoms with E-state index in [1.54, 1.807) is 30.3 Å². The molecule has 0 bridgehead atoms. The van der Waals surface area contributed by atoms with E-state index in [0.29, 0.717) is 48.8 Å². The minimum Gasteiger partial charge on any atom is -0.380 e. The van der Waals surface area contributed by atoms with Crippen LogP contribution in [0.25, 0.3) is 5.57 Å². The molecular formula is C63H69ClF3N9O9S3. The molecule has 5 aromatic carbocycles. The number of sulfone groups is 1. The van der Waals surface area contributed by atoms with Crippen molar-refractivity contribution in [2.24, 2.45) is 5.92 Å². The number of alkyl halides is 3. The quantitative estimate of drug-likeness (QED) is 0.0494. The van der Waals surface area contributed by atoms with E-state index in [1.807, 2.05) is 47.2 Å². The summed E-state index contributed by atoms with van der Waals surface area (Å²) in [5.74, 6) is -2.63. The zero-order valence-corrected chi connectivity index (χ0v) is 51.6. The Hall–Kier alpha value is -6.80. The number of piperazine rings is 2. The van der Waals surface area contributed by atoms with Gasteiger partial charge < -0.3 is 24.9 Å². The molecule has 0 radical (unpaired) electrons. The average Bonchev–Trinajstić information content (AvgIpc) is 1.52. The van der Waals surface area contributed by atoms with Gasteiger partial charge in [-0.25, -0.2) is 21.6 Å². The van der Waals surface area contributed by atoms with Crippen molar-refractivity contribution in [3.8, 4) is 0 Å². The van der Waals surface area contributed by atoms with Crippen LogP contribution in [-0.2, 0) is 29.4 Å². The van der Waals surface area contributed by atoms with Crippen LogP contribution in [0.1, 0.15) is 88.0 Å². The fraction of sp³-hybridized carbons (Fsp3) is 0.413. The van der Waals surface area contributed by atoms with Gasteiger partial charge in [-0.15, -0.1) is 11.8 Å². The number of hydrogen-bond donors (Lipinski definition) is 3. The molecule has 5 heterocycles. The molecule has 2 atom stereocenters. The first kappa shape index (κ1) is 62.8. The number of fused-ring (bicyclic) bond motifs is 1. The number of anilines is 3. The lowest BCUT2D eigenvalue weighted by Gasteiger charge is -2.45. The third-order valence-electron chi connectivity index (χ3n) is 17.5. The van der Waals surface area contributed by atoms with Crippen LogP contribution >= 0.6 is 23.4 Å². The van der Waals surface area contributed by atoms with E-state index in [9.17, 15) is 54.0 Å². The van der Waals surface area contributed by atoms with Crippen LogP contribution in [0.15, 0.2) is 136 Å². The summed E-state index contributed by atoms with van der Waals surface area (Å²) in [6.07, 6.45) is 6.08. The highest BCUT2D eigenvalue weighted by molar-refractivity contribution is 7.99. The molecule has 4 fully saturated rings. The Kier molecular flexibility index (Phi) is 19.1. The number of halogens is 4. The van der Waals surface area contributed by atoms with E-state index in [-0.39, 0.29) is 29.5 Å². The molecule has 4 saturated heterocycles. The number of imide groups is 2. The predicted octanol–water partition coefficient (Wildman–Crippen LogP) is 8.41. The maximum Gasteiger partial charge on any atom is 0.501 e. The number of rotatable bonds is 20. The number of thioether (sulfide) groups is 1. The fourth-order valence-electron chi connectivity index (χ4n) is 12.5. The molecule has 0 spiro atoms. The number of carbonyl (C=O) groups excluding carboxylic acids is 5. The number of benzene rings is 5. The van der Waals surface area contributed by atoms with Gasteiger partial charge in [0.1, 0.15) is 10.9 Å². The Morgan fingerprint density at radius 1 is 0.705 bits per heavy atom. The van der Waals surface area contributed by atoms with Gasteiger partial charge in [-0.1, -0.05) is 53.9 Å². The lowest BCUT2D eigenvalue weighted by molar-refractivity contribution is -0.136. The van der Waals surface area contributed by atoms with Crippen molar-refractivity contribution in [1.29, 1.82) is 0 Å². The highest BCUT2D eigenvalue weighted by atomic mass is 35.5. The van der Waals surface area contributed by atoms with Crippen molar-refractivity contribution in [3.63, 3.8) is 0 Å². The Morgan fingerprint density at radius 3 is 2.08 bits per heavy atom. The van der Waals surface area contributed by atoms with Gasteiger partial charge in [0.2, 0.25) is 11.8 Å². The Bertz CT molecular complexity index is 3710. The van der Waals surface area contributed by atoms with Crippen molar-refractivity contribution in [1.82, 2.24) is 29.6 Å². The molecule has 1 aliphatic carbocycles. The number of sulfonamides is 1. The Labute approximate surface area is 519 Å². The molecule has 6 aliphatic rings. The molecular weight excluding hydrogens is 1220 g/mol. The summed E-state index contributed by atoms with van der Waals surface area (Å²) >= 11 is 7.63. The van der Waals surface area contributed by atoms with E-state index < -0.39 is 82.5 Å². The molecule has 3 N–H and O–H groups in total. The standard InChI is InChI=1S/C63H69ClF3N9O9S3/c64-46-15-11-43(12-16-46)52-10-6-1-3-7-45(52)40-73-31-33-74(34-32-73)48-17-13-44(14-18-48)59(78)70-88(84,85)51-20-22-55(57(36-51)87(82,83)63(65,66)67)68-47(41-86-50-8-4-2-5-9-50)25-26-71-27-29-72(30-28-71)37-42-38-75(39-42)49-19-21-53-54(35-49)62(81)76(61(53)80)56-23-24-58(77)69-60(56)79/h2,4-5,8-9,11-22,35-36,42,47,56,68H,1,3,6-7,10,23-34,37-41H2,(H,70,78)(H,69,77,79). The zero-order valence-electron chi connectivity index (χ0n) is 48.4. The van der Waals surface area contributed by atoms with Gasteiger partial charge >= 0.3 is 5.51 Å². The van der Waals surface area contributed by atoms with Gasteiger partial charge in [0, 0.05) is 136 Å². The molecule has 11 rings (SSSR count). The van der Waals surface area contributed by atoms with Crippen LogP contribution in [0.2, 0.25) is 5.02 Å². The topological polar surface area (TPSA) is 209 Å². The van der Waals surface area contributed by atoms with Crippen molar-refractivity contribution in [2.75, 3.05) is 106 Å². The number of hydrogen-bond acceptors (Lipinski definition) is 16. The van der Waals surface area contributed by atoms with Crippen LogP contribution in [0.5, 0.6) is 0 Å². The van der Waals surface area contributed by atoms with E-state index >= 15 is 0 Å². The van der Waals surface area contributed by atoms with Crippen LogP contribution in [0.4, 0.5) is 30.2 Å². The molecule has 2 unspecified atom stereocenters. The van der Waals surface area contributed by atoms with Crippen LogP contribution in [0.3, 0.4) is 0 Å². The minimum absolute atomic E-state index is 0.0229. The van der Waals surface area contributed by atoms with E-state index in [0.717, 1.165) is 124 Å². The lowest BCUT2D eigenvalue weighted by Crippen LogP contribution is -2.55. The second-order valence-electron chi connectivity index (χ2n) is 23.3. The lowest BCUT2D eigenvalue weighted by atomic mass is 9.95. The zero-order chi connectivity index (χ0) is 61.9. The smallest absolute Gasteiger partial charge is 0.380 e. The first-order valence-electron chi connectivity index (χ1n) is 29.7. The van der Waals surface area contributed by atoms with Crippen molar-refractivity contribution in [3.05, 3.63) is 148 Å². The van der Waals surface area contributed by atoms with Gasteiger partial charge in [-0.3, -0.25) is 39.1 Å². The van der Waals surface area contributed by atoms with E-state index in [1.165, 1.54) is 47.0 Å². The monoisotopic (exact) mass is 1280 g/mol. The van der Waals surface area contributed by atoms with Crippen molar-refractivity contribution in [2.45, 2.75) is 83.6 Å². The molecule has 0 saturated carbocycles. The molecule has 5 aromatic rings. The second kappa shape index (κ2) is 26.7. The summed E-state index contributed by atoms with van der Waals surface area (Å²) in [5, 5.41) is 5.97. The average molecular weight is 1280 g/mol. The SMILES string of the molecule is O=C1CCC(N2C(=O)c3ccc(N4CC(CN5CCN(CCC(CSc6ccccc6)Nc6ccc(S(=O)(=O)NC(=O)c7ccc(N8CCN(CC9=C(c%10ccc(Cl)cc%10)CCCCC9)CC8)cc7)cc6S(=O)(=O)C(F)(F)F)CC5)C4)cc3C2=O)C(=O)N1. The number of allylic oxidation sites excluding steroid dienone is 1. The summed E-state index contributed by atoms with van der Waals surface area (Å²) in [6.45, 7) is 9.61. The summed E-state index contributed by atoms with van der Waals surface area (Å²) in [4.78, 5) is 75.5. The predicted molar refractivity (Wildman–Crippen MR) is 332 cm³/mol. The molecule has 18 nitrogen and oxygen atoms in total. The first-order chi connectivity index (χ1) is 42.2. The van der Waals surface area contributed by atoms with Crippen LogP contribution in [0, 0.1) is 5.92 Å². The Balaban J connectivity index is 0.691. The van der Waals surface area contributed by atoms with Gasteiger partial charge in [-0.2, -0.15) is 13.2 Å². The summed E-state index contributed by atoms with van der Waals surface area (Å²) in [6, 6.07) is 29.7. The van der Waals surface area contributed by atoms with E-state index in [2.05, 4.69) is 47.3 Å². The van der Waals surface area contributed by atoms with Crippen molar-refractivity contribution < 1.29 is 54.0 Å². The van der Waals surface area contributed by atoms with Gasteiger partial charge in [-0.05, 0) is 135 Å². The highest BCUT2D eigenvalue weighted by Gasteiger charge is 2.49. The number of carbonyl (C=O) groups is 5. The second-order valence-corrected chi connectivity index (χ2v) is 28.5. The van der Waals surface area contributed by atoms with Gasteiger partial charge in [0.05, 0.1) is 21.7 Å². The molecule has 5 amide bonds. The molecule has 0 aromatic heterocycles. The summed E-state index contributed by atoms with van der Waals surface area (Å²) in [5.41, 5.74) is -0.108. The fourth-order valence-corrected chi connectivity index (χ4v) is 15.7. The maximum atomic E-state index is 14.5. The number of nitrogens with zero attached hydrogens (tertiary/aromatic N) is 6. The first-order valence-corrected chi connectivity index (χ1v) is 34.1. The van der Waals surface area contributed by atoms with Gasteiger partial charge in [0.25, 0.3) is 37.6 Å². The third kappa shape index (κ3) is 14.3. The highest BCUT2D eigenvalue weighted by Crippen LogP contribution is 2.39. The number of piperidine rings is 1. The largest absolute Gasteiger partial charge is 0.501 e. The number of nitrogens with one attached hydrogen (secondary N) is 3. The van der Waals surface area contributed by atoms with E-state index in [4.69, 9.17) is 11.6 Å². The molecule has 25 heteroatoms. The molecule has 5 aliphatic heterocycles. The normalized spacial score (nSPS) is 20.0. The van der Waals surface area contributed by atoms with Crippen molar-refractivity contribution >= 4 is 95.4 Å². The Morgan fingerprint density at radius 2 is 1.38 bits per heavy atom. The molecule has 88 heavy (non-hydrogen) atoms. The summed E-state index contributed by atoms with van der Waals surface area (Å²) in [7, 11) is -11.0. The number of amides is 5. The van der Waals surface area contributed by atoms with Crippen LogP contribution in [-0.4, -0.2) is 174 Å². The molecule has 466 valence electrons. The third-order valence-corrected chi connectivity index (χ3v) is 21.7. The summed E-state index contributed by atoms with van der Waals surface area (Å²) < 4.78 is 99.9.